The zero-order valence-corrected chi connectivity index (χ0v) is 19.2. The lowest BCUT2D eigenvalue weighted by atomic mass is 10.0. The van der Waals surface area contributed by atoms with Gasteiger partial charge in [0, 0.05) is 29.7 Å². The fourth-order valence-electron chi connectivity index (χ4n) is 3.37. The van der Waals surface area contributed by atoms with Gasteiger partial charge in [-0.25, -0.2) is 0 Å². The molecule has 0 N–H and O–H groups in total. The topological polar surface area (TPSA) is 60.2 Å². The van der Waals surface area contributed by atoms with Gasteiger partial charge in [-0.2, -0.15) is 0 Å². The molecule has 0 bridgehead atoms. The van der Waals surface area contributed by atoms with Crippen molar-refractivity contribution in [3.05, 3.63) is 58.6 Å². The Morgan fingerprint density at radius 2 is 1.67 bits per heavy atom. The number of morpholine rings is 1. The van der Waals surface area contributed by atoms with E-state index in [-0.39, 0.29) is 5.78 Å². The van der Waals surface area contributed by atoms with Crippen molar-refractivity contribution in [3.8, 4) is 11.1 Å². The molecule has 30 heavy (non-hydrogen) atoms. The largest absolute Gasteiger partial charge is 0.378 e. The van der Waals surface area contributed by atoms with Gasteiger partial charge in [-0.15, -0.1) is 10.2 Å². The maximum absolute atomic E-state index is 12.7. The van der Waals surface area contributed by atoms with Gasteiger partial charge in [0.2, 0.25) is 5.95 Å². The van der Waals surface area contributed by atoms with Crippen molar-refractivity contribution in [2.45, 2.75) is 18.6 Å². The smallest absolute Gasteiger partial charge is 0.228 e. The molecule has 1 aliphatic rings. The van der Waals surface area contributed by atoms with Gasteiger partial charge in [-0.1, -0.05) is 64.1 Å². The van der Waals surface area contributed by atoms with E-state index in [1.807, 2.05) is 36.4 Å². The van der Waals surface area contributed by atoms with Crippen molar-refractivity contribution in [1.29, 1.82) is 0 Å². The number of hydrogen-bond acceptors (Lipinski definition) is 6. The number of rotatable bonds is 7. The molecule has 4 rings (SSSR count). The van der Waals surface area contributed by atoms with E-state index in [1.54, 1.807) is 0 Å². The lowest BCUT2D eigenvalue weighted by molar-refractivity contribution is 0.102. The fourth-order valence-corrected chi connectivity index (χ4v) is 4.52. The number of Topliss-reactive ketones (excluding diaryl/α,β-unsaturated/α-hetero) is 1. The zero-order chi connectivity index (χ0) is 20.9. The van der Waals surface area contributed by atoms with E-state index in [0.717, 1.165) is 46.3 Å². The third kappa shape index (κ3) is 4.77. The summed E-state index contributed by atoms with van der Waals surface area (Å²) in [5.74, 6) is 1.27. The first-order chi connectivity index (χ1) is 14.7. The monoisotopic (exact) mass is 486 g/mol. The van der Waals surface area contributed by atoms with Crippen LogP contribution in [0.3, 0.4) is 0 Å². The summed E-state index contributed by atoms with van der Waals surface area (Å²) in [4.78, 5) is 14.9. The van der Waals surface area contributed by atoms with Crippen LogP contribution in [0, 0.1) is 0 Å². The normalized spacial score (nSPS) is 14.1. The van der Waals surface area contributed by atoms with Crippen LogP contribution in [0.2, 0.25) is 0 Å². The van der Waals surface area contributed by atoms with Crippen molar-refractivity contribution in [2.75, 3.05) is 37.0 Å². The van der Waals surface area contributed by atoms with Crippen molar-refractivity contribution >= 4 is 39.4 Å². The minimum atomic E-state index is 0.0842. The van der Waals surface area contributed by atoms with Gasteiger partial charge in [0.25, 0.3) is 0 Å². The molecule has 1 aromatic heterocycles. The molecule has 0 unspecified atom stereocenters. The number of nitrogens with zero attached hydrogens (tertiary/aromatic N) is 4. The maximum atomic E-state index is 12.7. The molecule has 0 saturated carbocycles. The first-order valence-corrected chi connectivity index (χ1v) is 11.7. The Kier molecular flexibility index (Phi) is 6.86. The summed E-state index contributed by atoms with van der Waals surface area (Å²) < 4.78 is 8.54. The van der Waals surface area contributed by atoms with Crippen LogP contribution in [0.1, 0.15) is 17.3 Å². The van der Waals surface area contributed by atoms with Gasteiger partial charge in [0.15, 0.2) is 10.9 Å². The van der Waals surface area contributed by atoms with E-state index in [4.69, 9.17) is 4.74 Å². The van der Waals surface area contributed by atoms with Crippen LogP contribution in [0.5, 0.6) is 0 Å². The quantitative estimate of drug-likeness (QED) is 0.360. The predicted molar refractivity (Wildman–Crippen MR) is 123 cm³/mol. The molecule has 3 aromatic rings. The molecule has 2 heterocycles. The van der Waals surface area contributed by atoms with E-state index in [2.05, 4.69) is 54.7 Å². The summed E-state index contributed by atoms with van der Waals surface area (Å²) in [5, 5.41) is 9.46. The number of aromatic nitrogens is 3. The van der Waals surface area contributed by atoms with Crippen molar-refractivity contribution < 1.29 is 9.53 Å². The van der Waals surface area contributed by atoms with Crippen LogP contribution >= 0.6 is 27.7 Å². The average Bonchev–Trinajstić information content (AvgIpc) is 3.21. The molecule has 0 radical (unpaired) electrons. The number of carbonyl (C=O) groups excluding carboxylic acids is 1. The summed E-state index contributed by atoms with van der Waals surface area (Å²) in [5.41, 5.74) is 2.92. The molecule has 2 aromatic carbocycles. The number of hydrogen-bond donors (Lipinski definition) is 0. The minimum absolute atomic E-state index is 0.0842. The molecule has 1 saturated heterocycles. The van der Waals surface area contributed by atoms with Crippen molar-refractivity contribution in [2.24, 2.45) is 0 Å². The van der Waals surface area contributed by atoms with Crippen molar-refractivity contribution in [1.82, 2.24) is 14.8 Å². The summed E-state index contributed by atoms with van der Waals surface area (Å²) in [6.45, 7) is 5.86. The van der Waals surface area contributed by atoms with Crippen LogP contribution < -0.4 is 4.90 Å². The second-order valence-corrected chi connectivity index (χ2v) is 8.78. The lowest BCUT2D eigenvalue weighted by Crippen LogP contribution is -2.38. The first-order valence-electron chi connectivity index (χ1n) is 9.93. The van der Waals surface area contributed by atoms with Crippen LogP contribution in [0.4, 0.5) is 5.95 Å². The van der Waals surface area contributed by atoms with Gasteiger partial charge < -0.3 is 9.64 Å². The van der Waals surface area contributed by atoms with Gasteiger partial charge in [0.1, 0.15) is 0 Å². The Bertz CT molecular complexity index is 999. The Labute approximate surface area is 188 Å². The maximum Gasteiger partial charge on any atom is 0.228 e. The molecule has 0 aliphatic carbocycles. The van der Waals surface area contributed by atoms with Crippen molar-refractivity contribution in [3.63, 3.8) is 0 Å². The molecule has 0 amide bonds. The second-order valence-electron chi connectivity index (χ2n) is 6.92. The van der Waals surface area contributed by atoms with E-state index in [9.17, 15) is 4.79 Å². The Morgan fingerprint density at radius 3 is 2.30 bits per heavy atom. The molecular formula is C22H23BrN4O2S. The molecule has 6 nitrogen and oxygen atoms in total. The summed E-state index contributed by atoms with van der Waals surface area (Å²) in [7, 11) is 0. The highest BCUT2D eigenvalue weighted by Gasteiger charge is 2.20. The van der Waals surface area contributed by atoms with Crippen LogP contribution in [0.15, 0.2) is 58.2 Å². The van der Waals surface area contributed by atoms with Crippen LogP contribution in [-0.4, -0.2) is 52.6 Å². The molecule has 1 aliphatic heterocycles. The van der Waals surface area contributed by atoms with Crippen LogP contribution in [-0.2, 0) is 11.3 Å². The second kappa shape index (κ2) is 9.76. The van der Waals surface area contributed by atoms with Gasteiger partial charge >= 0.3 is 0 Å². The van der Waals surface area contributed by atoms with Gasteiger partial charge in [-0.05, 0) is 30.2 Å². The highest BCUT2D eigenvalue weighted by Crippen LogP contribution is 2.25. The fraction of sp³-hybridized carbons (Fsp3) is 0.318. The summed E-state index contributed by atoms with van der Waals surface area (Å²) >= 11 is 4.89. The summed E-state index contributed by atoms with van der Waals surface area (Å²) in [6, 6.07) is 15.9. The SMILES string of the molecule is CCn1c(SCC(=O)c2ccc(-c3ccc(Br)cc3)cc2)nnc1N1CCOCC1. The lowest BCUT2D eigenvalue weighted by Gasteiger charge is -2.27. The third-order valence-corrected chi connectivity index (χ3v) is 6.52. The number of carbonyl (C=O) groups is 1. The first kappa shape index (κ1) is 21.1. The van der Waals surface area contributed by atoms with Gasteiger partial charge in [-0.3, -0.25) is 9.36 Å². The van der Waals surface area contributed by atoms with Gasteiger partial charge in [0.05, 0.1) is 19.0 Å². The van der Waals surface area contributed by atoms with E-state index in [0.29, 0.717) is 24.5 Å². The molecule has 0 atom stereocenters. The van der Waals surface area contributed by atoms with E-state index < -0.39 is 0 Å². The van der Waals surface area contributed by atoms with Crippen LogP contribution in [0.25, 0.3) is 11.1 Å². The molecule has 8 heteroatoms. The highest BCUT2D eigenvalue weighted by atomic mass is 79.9. The van der Waals surface area contributed by atoms with E-state index >= 15 is 0 Å². The highest BCUT2D eigenvalue weighted by molar-refractivity contribution is 9.10. The molecular weight excluding hydrogens is 464 g/mol. The van der Waals surface area contributed by atoms with E-state index in [1.165, 1.54) is 11.8 Å². The predicted octanol–water partition coefficient (Wildman–Crippen LogP) is 4.54. The summed E-state index contributed by atoms with van der Waals surface area (Å²) in [6.07, 6.45) is 0. The standard InChI is InChI=1S/C22H23BrN4O2S/c1-2-27-21(26-11-13-29-14-12-26)24-25-22(27)30-15-20(28)18-5-3-16(4-6-18)17-7-9-19(23)10-8-17/h3-10H,2,11-15H2,1H3. The Hall–Kier alpha value is -2.16. The molecule has 156 valence electrons. The Morgan fingerprint density at radius 1 is 1.03 bits per heavy atom. The number of ether oxygens (including phenoxy) is 1. The zero-order valence-electron chi connectivity index (χ0n) is 16.8. The molecule has 1 fully saturated rings. The third-order valence-electron chi connectivity index (χ3n) is 5.02. The minimum Gasteiger partial charge on any atom is -0.378 e. The number of ketones is 1. The molecule has 0 spiro atoms. The Balaban J connectivity index is 1.41. The number of halogens is 1. The number of thioether (sulfide) groups is 1. The number of benzene rings is 2. The number of anilines is 1. The average molecular weight is 487 g/mol.